The minimum Gasteiger partial charge on any atom is -0.399 e. The van der Waals surface area contributed by atoms with Crippen LogP contribution >= 0.6 is 0 Å². The van der Waals surface area contributed by atoms with Gasteiger partial charge in [0.15, 0.2) is 6.23 Å². The highest BCUT2D eigenvalue weighted by atomic mass is 16.9. The third-order valence-corrected chi connectivity index (χ3v) is 5.29. The summed E-state index contributed by atoms with van der Waals surface area (Å²) in [6.45, 7) is -0.355. The van der Waals surface area contributed by atoms with Crippen LogP contribution in [0.2, 0.25) is 0 Å². The molecule has 0 radical (unpaired) electrons. The third-order valence-electron chi connectivity index (χ3n) is 5.29. The molecule has 1 unspecified atom stereocenters. The van der Waals surface area contributed by atoms with E-state index in [9.17, 15) is 14.7 Å². The number of nitrogens with zero attached hydrogens (tertiary/aromatic N) is 1. The Morgan fingerprint density at radius 3 is 2.46 bits per heavy atom. The number of nitrogens with one attached hydrogen (secondary N) is 1. The van der Waals surface area contributed by atoms with Gasteiger partial charge in [0, 0.05) is 36.1 Å². The molecule has 4 heterocycles. The highest BCUT2D eigenvalue weighted by Crippen LogP contribution is 2.43. The molecule has 138 valence electrons. The molecule has 1 aromatic rings. The first-order valence-electron chi connectivity index (χ1n) is 8.65. The second kappa shape index (κ2) is 5.40. The summed E-state index contributed by atoms with van der Waals surface area (Å²) < 4.78 is 17.2. The summed E-state index contributed by atoms with van der Waals surface area (Å²) in [5.41, 5.74) is 6.87. The minimum absolute atomic E-state index is 0.00668. The Labute approximate surface area is 149 Å². The van der Waals surface area contributed by atoms with E-state index in [1.807, 2.05) is 0 Å². The van der Waals surface area contributed by atoms with E-state index in [0.717, 1.165) is 24.2 Å². The van der Waals surface area contributed by atoms with Crippen LogP contribution in [0.3, 0.4) is 0 Å². The van der Waals surface area contributed by atoms with Crippen molar-refractivity contribution >= 4 is 17.5 Å². The van der Waals surface area contributed by atoms with Crippen LogP contribution < -0.4 is 11.1 Å². The van der Waals surface area contributed by atoms with Crippen LogP contribution in [0.1, 0.15) is 41.4 Å². The molecule has 5 aliphatic rings. The molecule has 4 aliphatic heterocycles. The number of hydrogen-bond acceptors (Lipinski definition) is 7. The topological polar surface area (TPSA) is 123 Å². The predicted molar refractivity (Wildman–Crippen MR) is 86.2 cm³/mol. The SMILES string of the molecule is Nc1ccc2c(c1)C(O)N(CC(=O)NC13OC4CC(CC(C4)O1)O3)C2=O. The lowest BCUT2D eigenvalue weighted by Crippen LogP contribution is -2.69. The molecule has 26 heavy (non-hydrogen) atoms. The number of ether oxygens (including phenoxy) is 3. The predicted octanol–water partition coefficient (Wildman–Crippen LogP) is -0.190. The van der Waals surface area contributed by atoms with Crippen LogP contribution in [0.25, 0.3) is 0 Å². The molecule has 2 amide bonds. The van der Waals surface area contributed by atoms with E-state index < -0.39 is 24.1 Å². The maximum atomic E-state index is 12.5. The number of carbonyl (C=O) groups excluding carboxylic acids is 2. The standard InChI is InChI=1S/C17H19N3O6/c18-8-1-2-12-13(3-8)16(23)20(15(12)22)7-14(21)19-17-24-9-4-10(25-17)6-11(5-9)26-17/h1-3,9-11,16,23H,4-7,18H2,(H,19,21). The van der Waals surface area contributed by atoms with Gasteiger partial charge in [-0.1, -0.05) is 0 Å². The Bertz CT molecular complexity index is 761. The number of nitrogen functional groups attached to an aromatic ring is 1. The van der Waals surface area contributed by atoms with E-state index in [4.69, 9.17) is 19.9 Å². The lowest BCUT2D eigenvalue weighted by molar-refractivity contribution is -0.501. The first kappa shape index (κ1) is 16.0. The van der Waals surface area contributed by atoms with Crippen molar-refractivity contribution < 1.29 is 28.9 Å². The largest absolute Gasteiger partial charge is 0.399 e. The van der Waals surface area contributed by atoms with Crippen LogP contribution in [-0.4, -0.2) is 52.8 Å². The molecule has 9 heteroatoms. The molecule has 3 saturated heterocycles. The lowest BCUT2D eigenvalue weighted by atomic mass is 9.90. The zero-order valence-electron chi connectivity index (χ0n) is 13.9. The van der Waals surface area contributed by atoms with Gasteiger partial charge in [-0.25, -0.2) is 0 Å². The zero-order valence-corrected chi connectivity index (χ0v) is 13.9. The maximum absolute atomic E-state index is 12.5. The van der Waals surface area contributed by atoms with E-state index in [0.29, 0.717) is 16.8 Å². The summed E-state index contributed by atoms with van der Waals surface area (Å²) in [5.74, 6) is -0.976. The quantitative estimate of drug-likeness (QED) is 0.638. The minimum atomic E-state index is -1.59. The fourth-order valence-corrected chi connectivity index (χ4v) is 4.23. The maximum Gasteiger partial charge on any atom is 0.377 e. The first-order valence-corrected chi connectivity index (χ1v) is 8.65. The Kier molecular flexibility index (Phi) is 3.32. The number of amides is 2. The summed E-state index contributed by atoms with van der Waals surface area (Å²) in [6, 6.07) is 4.66. The number of aliphatic hydroxyl groups excluding tert-OH is 1. The van der Waals surface area contributed by atoms with Crippen molar-refractivity contribution in [3.63, 3.8) is 0 Å². The summed E-state index contributed by atoms with van der Waals surface area (Å²) in [6.07, 6.45) is -0.470. The smallest absolute Gasteiger partial charge is 0.377 e. The van der Waals surface area contributed by atoms with E-state index >= 15 is 0 Å². The van der Waals surface area contributed by atoms with Gasteiger partial charge in [0.25, 0.3) is 5.91 Å². The molecular weight excluding hydrogens is 342 g/mol. The van der Waals surface area contributed by atoms with Gasteiger partial charge in [0.2, 0.25) is 5.91 Å². The first-order chi connectivity index (χ1) is 12.4. The molecule has 1 aromatic carbocycles. The highest BCUT2D eigenvalue weighted by molar-refractivity contribution is 6.01. The third kappa shape index (κ3) is 2.39. The highest BCUT2D eigenvalue weighted by Gasteiger charge is 2.56. The van der Waals surface area contributed by atoms with Gasteiger partial charge in [-0.15, -0.1) is 0 Å². The number of fused-ring (bicyclic) bond motifs is 1. The summed E-state index contributed by atoms with van der Waals surface area (Å²) in [4.78, 5) is 26.1. The van der Waals surface area contributed by atoms with Crippen molar-refractivity contribution in [2.75, 3.05) is 12.3 Å². The average molecular weight is 361 g/mol. The van der Waals surface area contributed by atoms with Crippen LogP contribution in [0.15, 0.2) is 18.2 Å². The zero-order chi connectivity index (χ0) is 18.1. The number of hydrogen-bond donors (Lipinski definition) is 3. The van der Waals surface area contributed by atoms with E-state index in [2.05, 4.69) is 5.32 Å². The number of nitrogens with two attached hydrogens (primary N) is 1. The molecule has 0 aromatic heterocycles. The molecule has 4 fully saturated rings. The summed E-state index contributed by atoms with van der Waals surface area (Å²) in [7, 11) is 0. The van der Waals surface area contributed by atoms with Gasteiger partial charge in [-0.05, 0) is 18.2 Å². The fourth-order valence-electron chi connectivity index (χ4n) is 4.23. The van der Waals surface area contributed by atoms with Crippen LogP contribution in [-0.2, 0) is 19.0 Å². The molecular formula is C17H19N3O6. The molecule has 1 atom stereocenters. The fraction of sp³-hybridized carbons (Fsp3) is 0.529. The number of aliphatic hydroxyl groups is 1. The Balaban J connectivity index is 1.30. The summed E-state index contributed by atoms with van der Waals surface area (Å²) >= 11 is 0. The number of carbonyl (C=O) groups is 2. The van der Waals surface area contributed by atoms with E-state index in [1.165, 1.54) is 6.07 Å². The normalized spacial score (nSPS) is 37.1. The number of anilines is 1. The Morgan fingerprint density at radius 1 is 1.23 bits per heavy atom. The van der Waals surface area contributed by atoms with Gasteiger partial charge < -0.3 is 25.1 Å². The van der Waals surface area contributed by atoms with Crippen molar-refractivity contribution in [3.8, 4) is 0 Å². The van der Waals surface area contributed by atoms with Crippen molar-refractivity contribution in [2.45, 2.75) is 49.9 Å². The molecule has 4 bridgehead atoms. The lowest BCUT2D eigenvalue weighted by Gasteiger charge is -2.54. The second-order valence-electron chi connectivity index (χ2n) is 7.18. The van der Waals surface area contributed by atoms with E-state index in [1.54, 1.807) is 12.1 Å². The monoisotopic (exact) mass is 361 g/mol. The van der Waals surface area contributed by atoms with Crippen LogP contribution in [0.5, 0.6) is 0 Å². The summed E-state index contributed by atoms with van der Waals surface area (Å²) in [5, 5.41) is 13.0. The van der Waals surface area contributed by atoms with Gasteiger partial charge in [-0.3, -0.25) is 19.8 Å². The molecule has 1 aliphatic carbocycles. The van der Waals surface area contributed by atoms with Crippen molar-refractivity contribution in [1.29, 1.82) is 0 Å². The molecule has 6 rings (SSSR count). The van der Waals surface area contributed by atoms with Crippen molar-refractivity contribution in [1.82, 2.24) is 10.2 Å². The van der Waals surface area contributed by atoms with Crippen LogP contribution in [0, 0.1) is 0 Å². The van der Waals surface area contributed by atoms with Gasteiger partial charge in [-0.2, -0.15) is 0 Å². The van der Waals surface area contributed by atoms with Crippen molar-refractivity contribution in [2.24, 2.45) is 0 Å². The van der Waals surface area contributed by atoms with Gasteiger partial charge >= 0.3 is 6.10 Å². The molecule has 4 N–H and O–H groups in total. The van der Waals surface area contributed by atoms with Gasteiger partial charge in [0.05, 0.1) is 18.3 Å². The molecule has 9 nitrogen and oxygen atoms in total. The van der Waals surface area contributed by atoms with Crippen LogP contribution in [0.4, 0.5) is 5.69 Å². The number of rotatable bonds is 3. The van der Waals surface area contributed by atoms with E-state index in [-0.39, 0.29) is 24.9 Å². The Morgan fingerprint density at radius 2 is 1.85 bits per heavy atom. The molecule has 0 spiro atoms. The number of benzene rings is 1. The van der Waals surface area contributed by atoms with Crippen molar-refractivity contribution in [3.05, 3.63) is 29.3 Å². The second-order valence-corrected chi connectivity index (χ2v) is 7.18. The Hall–Kier alpha value is -2.20. The average Bonchev–Trinajstić information content (AvgIpc) is 2.77. The van der Waals surface area contributed by atoms with Gasteiger partial charge in [0.1, 0.15) is 6.54 Å². The molecule has 1 saturated carbocycles.